The van der Waals surface area contributed by atoms with E-state index < -0.39 is 0 Å². The number of hydrogen-bond donors (Lipinski definition) is 2. The highest BCUT2D eigenvalue weighted by atomic mass is 16.5. The minimum Gasteiger partial charge on any atom is -0.488 e. The van der Waals surface area contributed by atoms with Gasteiger partial charge in [0.05, 0.1) is 6.04 Å². The van der Waals surface area contributed by atoms with Crippen molar-refractivity contribution in [3.05, 3.63) is 65.4 Å². The molecule has 2 aliphatic heterocycles. The average molecular weight is 486 g/mol. The van der Waals surface area contributed by atoms with Crippen LogP contribution in [0.3, 0.4) is 0 Å². The van der Waals surface area contributed by atoms with E-state index in [9.17, 15) is 5.11 Å². The third-order valence-corrected chi connectivity index (χ3v) is 9.68. The number of rotatable bonds is 7. The van der Waals surface area contributed by atoms with Gasteiger partial charge in [-0.2, -0.15) is 0 Å². The van der Waals surface area contributed by atoms with Crippen LogP contribution in [0.15, 0.2) is 48.5 Å². The Bertz CT molecular complexity index is 1240. The van der Waals surface area contributed by atoms with Crippen molar-refractivity contribution >= 4 is 10.9 Å². The molecule has 5 nitrogen and oxygen atoms in total. The normalized spacial score (nSPS) is 32.3. The van der Waals surface area contributed by atoms with Crippen molar-refractivity contribution < 1.29 is 9.84 Å². The first-order chi connectivity index (χ1) is 17.6. The third-order valence-electron chi connectivity index (χ3n) is 9.68. The Labute approximate surface area is 214 Å². The Morgan fingerprint density at radius 3 is 2.56 bits per heavy atom. The van der Waals surface area contributed by atoms with Gasteiger partial charge in [0.25, 0.3) is 0 Å². The van der Waals surface area contributed by atoms with Crippen LogP contribution < -0.4 is 4.74 Å². The van der Waals surface area contributed by atoms with E-state index in [-0.39, 0.29) is 11.5 Å². The molecule has 3 heterocycles. The number of H-pyrrole nitrogens is 1. The minimum absolute atomic E-state index is 0.173. The van der Waals surface area contributed by atoms with Crippen LogP contribution in [0.1, 0.15) is 62.4 Å². The average Bonchev–Trinajstić information content (AvgIpc) is 3.52. The molecular weight excluding hydrogens is 446 g/mol. The fraction of sp³-hybridized carbons (Fsp3) is 0.548. The van der Waals surface area contributed by atoms with Crippen LogP contribution in [0.4, 0.5) is 0 Å². The van der Waals surface area contributed by atoms with Crippen molar-refractivity contribution in [2.45, 2.75) is 70.2 Å². The molecule has 2 aromatic carbocycles. The summed E-state index contributed by atoms with van der Waals surface area (Å²) in [6, 6.07) is 18.9. The third kappa shape index (κ3) is 3.54. The summed E-state index contributed by atoms with van der Waals surface area (Å²) in [5.74, 6) is 1.69. The zero-order chi connectivity index (χ0) is 24.4. The first-order valence-corrected chi connectivity index (χ1v) is 14.0. The molecule has 0 spiro atoms. The van der Waals surface area contributed by atoms with Crippen LogP contribution in [0.2, 0.25) is 0 Å². The molecule has 0 unspecified atom stereocenters. The molecule has 1 saturated heterocycles. The van der Waals surface area contributed by atoms with Gasteiger partial charge >= 0.3 is 0 Å². The Morgan fingerprint density at radius 2 is 1.83 bits per heavy atom. The van der Waals surface area contributed by atoms with Crippen LogP contribution >= 0.6 is 0 Å². The number of aromatic amines is 1. The number of aliphatic hydroxyl groups is 1. The van der Waals surface area contributed by atoms with Crippen molar-refractivity contribution in [1.82, 2.24) is 14.8 Å². The van der Waals surface area contributed by atoms with Gasteiger partial charge in [0.2, 0.25) is 0 Å². The molecule has 5 heteroatoms. The van der Waals surface area contributed by atoms with E-state index in [0.29, 0.717) is 30.7 Å². The second-order valence-electron chi connectivity index (χ2n) is 12.1. The number of benzene rings is 2. The Morgan fingerprint density at radius 1 is 1.06 bits per heavy atom. The lowest BCUT2D eigenvalue weighted by atomic mass is 9.70. The molecule has 2 N–H and O–H groups in total. The summed E-state index contributed by atoms with van der Waals surface area (Å²) < 4.78 is 6.30. The quantitative estimate of drug-likeness (QED) is 0.487. The lowest BCUT2D eigenvalue weighted by molar-refractivity contribution is 0.0202. The molecule has 190 valence electrons. The maximum Gasteiger partial charge on any atom is 0.124 e. The Kier molecular flexibility index (Phi) is 5.46. The number of likely N-dealkylation sites (tertiary alicyclic amines) is 1. The maximum absolute atomic E-state index is 10.1. The first kappa shape index (κ1) is 22.8. The predicted octanol–water partition coefficient (Wildman–Crippen LogP) is 5.14. The highest BCUT2D eigenvalue weighted by Gasteiger charge is 2.59. The molecule has 4 fully saturated rings. The topological polar surface area (TPSA) is 51.7 Å². The summed E-state index contributed by atoms with van der Waals surface area (Å²) in [6.45, 7) is 8.23. The van der Waals surface area contributed by atoms with Crippen molar-refractivity contribution in [1.29, 1.82) is 0 Å². The van der Waals surface area contributed by atoms with Gasteiger partial charge in [-0.3, -0.25) is 9.80 Å². The number of para-hydroxylation sites is 1. The van der Waals surface area contributed by atoms with Crippen molar-refractivity contribution in [2.24, 2.45) is 11.3 Å². The second kappa shape index (κ2) is 8.61. The van der Waals surface area contributed by atoms with E-state index in [1.165, 1.54) is 53.5 Å². The summed E-state index contributed by atoms with van der Waals surface area (Å²) in [4.78, 5) is 9.11. The van der Waals surface area contributed by atoms with Crippen LogP contribution in [-0.4, -0.2) is 64.3 Å². The number of nitrogens with one attached hydrogen (secondary N) is 1. The van der Waals surface area contributed by atoms with Crippen molar-refractivity contribution in [3.8, 4) is 5.75 Å². The highest BCUT2D eigenvalue weighted by Crippen LogP contribution is 2.62. The van der Waals surface area contributed by atoms with E-state index in [2.05, 4.69) is 77.2 Å². The Balaban J connectivity index is 1.22. The molecule has 36 heavy (non-hydrogen) atoms. The van der Waals surface area contributed by atoms with Crippen LogP contribution in [-0.2, 0) is 6.42 Å². The summed E-state index contributed by atoms with van der Waals surface area (Å²) in [6.07, 6.45) is 6.09. The molecule has 3 atom stereocenters. The largest absolute Gasteiger partial charge is 0.488 e. The Hall–Kier alpha value is -2.34. The van der Waals surface area contributed by atoms with E-state index in [0.717, 1.165) is 31.7 Å². The van der Waals surface area contributed by atoms with Gasteiger partial charge in [0.1, 0.15) is 11.9 Å². The van der Waals surface area contributed by atoms with E-state index >= 15 is 0 Å². The summed E-state index contributed by atoms with van der Waals surface area (Å²) in [7, 11) is 0. The maximum atomic E-state index is 10.1. The predicted molar refractivity (Wildman–Crippen MR) is 143 cm³/mol. The molecule has 5 aliphatic rings. The summed E-state index contributed by atoms with van der Waals surface area (Å²) in [5, 5.41) is 11.5. The fourth-order valence-corrected chi connectivity index (χ4v) is 8.00. The molecule has 1 aromatic heterocycles. The molecule has 3 aliphatic carbocycles. The van der Waals surface area contributed by atoms with Gasteiger partial charge in [0.15, 0.2) is 0 Å². The molecule has 8 rings (SSSR count). The number of aromatic nitrogens is 1. The summed E-state index contributed by atoms with van der Waals surface area (Å²) >= 11 is 0. The molecule has 0 radical (unpaired) electrons. The van der Waals surface area contributed by atoms with Crippen LogP contribution in [0, 0.1) is 11.3 Å². The first-order valence-electron chi connectivity index (χ1n) is 14.0. The zero-order valence-electron chi connectivity index (χ0n) is 21.6. The van der Waals surface area contributed by atoms with E-state index in [1.54, 1.807) is 0 Å². The molecule has 3 aromatic rings. The molecule has 0 amide bonds. The number of fused-ring (bicyclic) bond motifs is 4. The highest BCUT2D eigenvalue weighted by molar-refractivity contribution is 5.85. The standard InChI is InChI=1S/C31H39N3O2/c1-3-12-33-17-24(18-33)36-23-10-8-21(9-11-23)30-29-26(25-6-4-5-7-27(25)32-29)13-20(2)34(30)28-16-31(19-35)14-22(28)15-31/h4-11,20,22,24,28,30,32,35H,3,12-19H2,1-2H3/t20-,22?,28-,30-,31?/m1/s1. The van der Waals surface area contributed by atoms with Crippen molar-refractivity contribution in [3.63, 3.8) is 0 Å². The minimum atomic E-state index is 0.173. The van der Waals surface area contributed by atoms with Crippen LogP contribution in [0.25, 0.3) is 10.9 Å². The molecular formula is C31H39N3O2. The van der Waals surface area contributed by atoms with Gasteiger partial charge in [-0.25, -0.2) is 0 Å². The second-order valence-corrected chi connectivity index (χ2v) is 12.1. The summed E-state index contributed by atoms with van der Waals surface area (Å²) in [5.41, 5.74) is 5.59. The van der Waals surface area contributed by atoms with Gasteiger partial charge in [-0.05, 0) is 86.2 Å². The molecule has 3 saturated carbocycles. The molecule has 2 bridgehead atoms. The van der Waals surface area contributed by atoms with E-state index in [4.69, 9.17) is 4.74 Å². The lowest BCUT2D eigenvalue weighted by Gasteiger charge is -2.46. The monoisotopic (exact) mass is 485 g/mol. The zero-order valence-corrected chi connectivity index (χ0v) is 21.6. The number of aliphatic hydroxyl groups excluding tert-OH is 1. The van der Waals surface area contributed by atoms with Gasteiger partial charge < -0.3 is 14.8 Å². The SMILES string of the molecule is CCCN1CC(Oc2ccc([C@@H]3c4[nH]c5ccccc5c4C[C@@H](C)N3[C@@H]3CC4(CO)CC3C4)cc2)C1. The van der Waals surface area contributed by atoms with Crippen LogP contribution in [0.5, 0.6) is 5.75 Å². The van der Waals surface area contributed by atoms with Crippen molar-refractivity contribution in [2.75, 3.05) is 26.2 Å². The smallest absolute Gasteiger partial charge is 0.124 e. The fourth-order valence-electron chi connectivity index (χ4n) is 8.00. The lowest BCUT2D eigenvalue weighted by Crippen LogP contribution is -2.53. The van der Waals surface area contributed by atoms with Gasteiger partial charge in [0, 0.05) is 48.4 Å². The van der Waals surface area contributed by atoms with Gasteiger partial charge in [-0.15, -0.1) is 0 Å². The van der Waals surface area contributed by atoms with E-state index in [1.807, 2.05) is 0 Å². The van der Waals surface area contributed by atoms with Gasteiger partial charge in [-0.1, -0.05) is 37.3 Å². The number of ether oxygens (including phenoxy) is 1. The number of hydrogen-bond acceptors (Lipinski definition) is 4. The number of nitrogens with zero attached hydrogens (tertiary/aromatic N) is 2.